The molecule has 0 aliphatic rings. The maximum Gasteiger partial charge on any atom is 0.224 e. The van der Waals surface area contributed by atoms with E-state index >= 15 is 0 Å². The fraction of sp³-hybridized carbons (Fsp3) is 0.375. The molecule has 1 aromatic carbocycles. The number of carbonyl (C=O) groups is 1. The predicted molar refractivity (Wildman–Crippen MR) is 78.7 cm³/mol. The van der Waals surface area contributed by atoms with Crippen LogP contribution in [0.4, 0.5) is 5.69 Å². The highest BCUT2D eigenvalue weighted by Crippen LogP contribution is 2.23. The Labute approximate surface area is 119 Å². The Morgan fingerprint density at radius 3 is 2.75 bits per heavy atom. The zero-order valence-corrected chi connectivity index (χ0v) is 12.1. The van der Waals surface area contributed by atoms with Crippen molar-refractivity contribution in [3.8, 4) is 0 Å². The van der Waals surface area contributed by atoms with Crippen LogP contribution in [0.15, 0.2) is 34.9 Å². The first-order valence-electron chi connectivity index (χ1n) is 6.86. The van der Waals surface area contributed by atoms with Crippen molar-refractivity contribution in [1.29, 1.82) is 0 Å². The molecule has 0 radical (unpaired) electrons. The second-order valence-corrected chi connectivity index (χ2v) is 5.15. The summed E-state index contributed by atoms with van der Waals surface area (Å²) in [7, 11) is 0. The number of amides is 1. The van der Waals surface area contributed by atoms with E-state index in [-0.39, 0.29) is 5.91 Å². The monoisotopic (exact) mass is 272 g/mol. The summed E-state index contributed by atoms with van der Waals surface area (Å²) in [5.74, 6) is 1.01. The van der Waals surface area contributed by atoms with E-state index in [9.17, 15) is 4.79 Å². The fourth-order valence-electron chi connectivity index (χ4n) is 2.09. The number of aromatic nitrogens is 1. The number of benzene rings is 1. The van der Waals surface area contributed by atoms with Gasteiger partial charge in [0, 0.05) is 25.5 Å². The number of para-hydroxylation sites is 1. The number of nitrogens with one attached hydrogen (secondary N) is 1. The van der Waals surface area contributed by atoms with Crippen molar-refractivity contribution >= 4 is 11.6 Å². The molecule has 0 atom stereocenters. The van der Waals surface area contributed by atoms with Crippen molar-refractivity contribution in [3.63, 3.8) is 0 Å². The third-order valence-corrected chi connectivity index (χ3v) is 3.13. The van der Waals surface area contributed by atoms with E-state index in [0.29, 0.717) is 24.7 Å². The topological polar surface area (TPSA) is 55.1 Å². The average molecular weight is 272 g/mol. The standard InChI is InChI=1S/C16H20N2O2/c1-11(2)14-6-4-5-7-15(14)18-16(19)9-8-13-10-20-12(3)17-13/h4-7,10-11H,8-9H2,1-3H3,(H,18,19). The van der Waals surface area contributed by atoms with Gasteiger partial charge in [-0.2, -0.15) is 0 Å². The zero-order chi connectivity index (χ0) is 14.5. The zero-order valence-electron chi connectivity index (χ0n) is 12.1. The minimum Gasteiger partial charge on any atom is -0.449 e. The van der Waals surface area contributed by atoms with Gasteiger partial charge in [-0.15, -0.1) is 0 Å². The van der Waals surface area contributed by atoms with Crippen LogP contribution < -0.4 is 5.32 Å². The number of hydrogen-bond donors (Lipinski definition) is 1. The van der Waals surface area contributed by atoms with Gasteiger partial charge in [-0.25, -0.2) is 4.98 Å². The first-order chi connectivity index (χ1) is 9.56. The van der Waals surface area contributed by atoms with Gasteiger partial charge in [0.25, 0.3) is 0 Å². The van der Waals surface area contributed by atoms with E-state index in [4.69, 9.17) is 4.42 Å². The summed E-state index contributed by atoms with van der Waals surface area (Å²) in [6.45, 7) is 6.02. The van der Waals surface area contributed by atoms with Crippen LogP contribution in [-0.2, 0) is 11.2 Å². The van der Waals surface area contributed by atoms with Gasteiger partial charge in [-0.05, 0) is 17.5 Å². The molecule has 2 rings (SSSR count). The molecule has 4 heteroatoms. The van der Waals surface area contributed by atoms with Crippen molar-refractivity contribution in [2.24, 2.45) is 0 Å². The van der Waals surface area contributed by atoms with Crippen molar-refractivity contribution in [2.75, 3.05) is 5.32 Å². The van der Waals surface area contributed by atoms with E-state index < -0.39 is 0 Å². The summed E-state index contributed by atoms with van der Waals surface area (Å²) < 4.78 is 5.12. The molecular weight excluding hydrogens is 252 g/mol. The van der Waals surface area contributed by atoms with Crippen molar-refractivity contribution in [1.82, 2.24) is 4.98 Å². The van der Waals surface area contributed by atoms with Crippen LogP contribution in [-0.4, -0.2) is 10.9 Å². The molecule has 0 fully saturated rings. The first kappa shape index (κ1) is 14.3. The third-order valence-electron chi connectivity index (χ3n) is 3.13. The number of hydrogen-bond acceptors (Lipinski definition) is 3. The van der Waals surface area contributed by atoms with Crippen molar-refractivity contribution in [3.05, 3.63) is 47.7 Å². The summed E-state index contributed by atoms with van der Waals surface area (Å²) >= 11 is 0. The van der Waals surface area contributed by atoms with E-state index in [1.807, 2.05) is 24.3 Å². The minimum absolute atomic E-state index is 0.00115. The number of nitrogens with zero attached hydrogens (tertiary/aromatic N) is 1. The predicted octanol–water partition coefficient (Wildman–Crippen LogP) is 3.68. The number of rotatable bonds is 5. The van der Waals surface area contributed by atoms with Gasteiger partial charge in [0.1, 0.15) is 6.26 Å². The molecule has 0 spiro atoms. The van der Waals surface area contributed by atoms with E-state index in [1.165, 1.54) is 0 Å². The van der Waals surface area contributed by atoms with Crippen LogP contribution in [0.3, 0.4) is 0 Å². The Morgan fingerprint density at radius 2 is 2.10 bits per heavy atom. The molecule has 1 N–H and O–H groups in total. The number of oxazole rings is 1. The highest BCUT2D eigenvalue weighted by atomic mass is 16.3. The van der Waals surface area contributed by atoms with Crippen molar-refractivity contribution in [2.45, 2.75) is 39.5 Å². The quantitative estimate of drug-likeness (QED) is 0.903. The maximum atomic E-state index is 12.0. The Morgan fingerprint density at radius 1 is 1.35 bits per heavy atom. The Bertz CT molecular complexity index is 588. The van der Waals surface area contributed by atoms with E-state index in [1.54, 1.807) is 13.2 Å². The highest BCUT2D eigenvalue weighted by molar-refractivity contribution is 5.91. The second-order valence-electron chi connectivity index (χ2n) is 5.15. The highest BCUT2D eigenvalue weighted by Gasteiger charge is 2.10. The van der Waals surface area contributed by atoms with Crippen LogP contribution >= 0.6 is 0 Å². The molecule has 4 nitrogen and oxygen atoms in total. The summed E-state index contributed by atoms with van der Waals surface area (Å²) in [5, 5.41) is 2.97. The summed E-state index contributed by atoms with van der Waals surface area (Å²) in [4.78, 5) is 16.2. The van der Waals surface area contributed by atoms with Crippen LogP contribution in [0.2, 0.25) is 0 Å². The molecule has 106 valence electrons. The van der Waals surface area contributed by atoms with Crippen LogP contribution in [0, 0.1) is 6.92 Å². The van der Waals surface area contributed by atoms with Gasteiger partial charge >= 0.3 is 0 Å². The van der Waals surface area contributed by atoms with E-state index in [2.05, 4.69) is 24.1 Å². The van der Waals surface area contributed by atoms with Gasteiger partial charge < -0.3 is 9.73 Å². The Balaban J connectivity index is 1.94. The molecule has 1 aromatic heterocycles. The number of anilines is 1. The molecule has 0 aliphatic carbocycles. The van der Waals surface area contributed by atoms with Gasteiger partial charge in [0.15, 0.2) is 5.89 Å². The molecule has 1 heterocycles. The molecule has 0 saturated heterocycles. The lowest BCUT2D eigenvalue weighted by Crippen LogP contribution is -2.14. The summed E-state index contributed by atoms with van der Waals surface area (Å²) in [6, 6.07) is 7.90. The molecule has 20 heavy (non-hydrogen) atoms. The molecular formula is C16H20N2O2. The Kier molecular flexibility index (Phi) is 4.56. The molecule has 0 bridgehead atoms. The van der Waals surface area contributed by atoms with Crippen LogP contribution in [0.25, 0.3) is 0 Å². The minimum atomic E-state index is -0.00115. The van der Waals surface area contributed by atoms with Gasteiger partial charge in [0.05, 0.1) is 5.69 Å². The summed E-state index contributed by atoms with van der Waals surface area (Å²) in [5.41, 5.74) is 2.86. The fourth-order valence-corrected chi connectivity index (χ4v) is 2.09. The molecule has 1 amide bonds. The SMILES string of the molecule is Cc1nc(CCC(=O)Nc2ccccc2C(C)C)co1. The first-order valence-corrected chi connectivity index (χ1v) is 6.86. The van der Waals surface area contributed by atoms with E-state index in [0.717, 1.165) is 16.9 Å². The van der Waals surface area contributed by atoms with Crippen molar-refractivity contribution < 1.29 is 9.21 Å². The largest absolute Gasteiger partial charge is 0.449 e. The third kappa shape index (κ3) is 3.70. The van der Waals surface area contributed by atoms with Crippen LogP contribution in [0.5, 0.6) is 0 Å². The maximum absolute atomic E-state index is 12.0. The number of aryl methyl sites for hydroxylation is 2. The smallest absolute Gasteiger partial charge is 0.224 e. The Hall–Kier alpha value is -2.10. The van der Waals surface area contributed by atoms with Crippen LogP contribution in [0.1, 0.15) is 43.3 Å². The molecule has 2 aromatic rings. The molecule has 0 aliphatic heterocycles. The van der Waals surface area contributed by atoms with Gasteiger partial charge in [0.2, 0.25) is 5.91 Å². The lowest BCUT2D eigenvalue weighted by Gasteiger charge is -2.13. The number of carbonyl (C=O) groups excluding carboxylic acids is 1. The summed E-state index contributed by atoms with van der Waals surface area (Å²) in [6.07, 6.45) is 2.59. The molecule has 0 unspecified atom stereocenters. The van der Waals surface area contributed by atoms with Gasteiger partial charge in [-0.1, -0.05) is 32.0 Å². The molecule has 0 saturated carbocycles. The lowest BCUT2D eigenvalue weighted by atomic mass is 10.0. The normalized spacial score (nSPS) is 10.8. The average Bonchev–Trinajstić information content (AvgIpc) is 2.83. The second kappa shape index (κ2) is 6.37. The lowest BCUT2D eigenvalue weighted by molar-refractivity contribution is -0.116. The van der Waals surface area contributed by atoms with Gasteiger partial charge in [-0.3, -0.25) is 4.79 Å².